The van der Waals surface area contributed by atoms with Crippen LogP contribution >= 0.6 is 0 Å². The van der Waals surface area contributed by atoms with Gasteiger partial charge in [-0.05, 0) is 94.4 Å². The van der Waals surface area contributed by atoms with Crippen LogP contribution < -0.4 is 5.73 Å². The summed E-state index contributed by atoms with van der Waals surface area (Å²) >= 11 is 0. The van der Waals surface area contributed by atoms with E-state index in [9.17, 15) is 0 Å². The molecular formula is C18H32N2. The lowest BCUT2D eigenvalue weighted by molar-refractivity contribution is -0.0935. The van der Waals surface area contributed by atoms with Crippen LogP contribution in [-0.4, -0.2) is 30.1 Å². The topological polar surface area (TPSA) is 29.3 Å². The second kappa shape index (κ2) is 4.71. The smallest absolute Gasteiger partial charge is 0.0124 e. The Morgan fingerprint density at radius 2 is 1.55 bits per heavy atom. The fraction of sp³-hybridized carbons (Fsp3) is 1.00. The van der Waals surface area contributed by atoms with E-state index < -0.39 is 0 Å². The van der Waals surface area contributed by atoms with E-state index in [-0.39, 0.29) is 0 Å². The molecule has 0 spiro atoms. The van der Waals surface area contributed by atoms with Crippen LogP contribution in [0.5, 0.6) is 0 Å². The highest BCUT2D eigenvalue weighted by Gasteiger charge is 2.54. The normalized spacial score (nSPS) is 50.5. The Kier molecular flexibility index (Phi) is 3.20. The third-order valence-corrected chi connectivity index (χ3v) is 7.52. The minimum absolute atomic E-state index is 0.378. The molecule has 3 unspecified atom stereocenters. The largest absolute Gasteiger partial charge is 0.328 e. The van der Waals surface area contributed by atoms with Gasteiger partial charge in [0.1, 0.15) is 0 Å². The third kappa shape index (κ3) is 2.06. The molecule has 20 heavy (non-hydrogen) atoms. The molecule has 0 aromatic carbocycles. The van der Waals surface area contributed by atoms with E-state index in [1.807, 2.05) is 0 Å². The van der Waals surface area contributed by atoms with Crippen molar-refractivity contribution in [2.75, 3.05) is 13.1 Å². The SMILES string of the molecule is CC(N)C1CCN(C(C)C23CC4CC(CC(C4)C2)C3)C1. The number of rotatable bonds is 3. The van der Waals surface area contributed by atoms with Gasteiger partial charge in [-0.2, -0.15) is 0 Å². The first kappa shape index (κ1) is 13.6. The highest BCUT2D eigenvalue weighted by molar-refractivity contribution is 5.06. The number of hydrogen-bond acceptors (Lipinski definition) is 2. The second-order valence-corrected chi connectivity index (χ2v) is 8.86. The van der Waals surface area contributed by atoms with Crippen LogP contribution in [0, 0.1) is 29.1 Å². The maximum atomic E-state index is 6.14. The summed E-state index contributed by atoms with van der Waals surface area (Å²) < 4.78 is 0. The Hall–Kier alpha value is -0.0800. The Bertz CT molecular complexity index is 340. The van der Waals surface area contributed by atoms with Crippen molar-refractivity contribution in [2.24, 2.45) is 34.8 Å². The van der Waals surface area contributed by atoms with Crippen LogP contribution in [0.4, 0.5) is 0 Å². The van der Waals surface area contributed by atoms with Gasteiger partial charge in [-0.25, -0.2) is 0 Å². The van der Waals surface area contributed by atoms with Crippen LogP contribution in [0.15, 0.2) is 0 Å². The third-order valence-electron chi connectivity index (χ3n) is 7.52. The summed E-state index contributed by atoms with van der Waals surface area (Å²) in [5.74, 6) is 3.98. The van der Waals surface area contributed by atoms with E-state index >= 15 is 0 Å². The lowest BCUT2D eigenvalue weighted by Crippen LogP contribution is -2.55. The molecule has 1 aliphatic heterocycles. The molecular weight excluding hydrogens is 244 g/mol. The van der Waals surface area contributed by atoms with E-state index in [0.717, 1.165) is 29.7 Å². The molecule has 0 aromatic rings. The van der Waals surface area contributed by atoms with Gasteiger partial charge >= 0.3 is 0 Å². The minimum atomic E-state index is 0.378. The molecule has 0 radical (unpaired) electrons. The molecule has 114 valence electrons. The van der Waals surface area contributed by atoms with E-state index in [1.54, 1.807) is 38.5 Å². The second-order valence-electron chi connectivity index (χ2n) is 8.86. The summed E-state index contributed by atoms with van der Waals surface area (Å²) in [6.07, 6.45) is 10.6. The first-order chi connectivity index (χ1) is 9.56. The van der Waals surface area contributed by atoms with E-state index in [2.05, 4.69) is 18.7 Å². The maximum Gasteiger partial charge on any atom is 0.0124 e. The van der Waals surface area contributed by atoms with Gasteiger partial charge in [0.2, 0.25) is 0 Å². The average Bonchev–Trinajstić information content (AvgIpc) is 2.85. The quantitative estimate of drug-likeness (QED) is 0.857. The predicted octanol–water partition coefficient (Wildman–Crippen LogP) is 3.26. The summed E-state index contributed by atoms with van der Waals surface area (Å²) in [6, 6.07) is 1.18. The standard InChI is InChI=1S/C18H32N2/c1-12(19)17-3-4-20(11-17)13(2)18-8-14-5-15(9-18)7-16(6-14)10-18/h12-17H,3-11,19H2,1-2H3. The molecule has 5 aliphatic rings. The lowest BCUT2D eigenvalue weighted by Gasteiger charge is -2.60. The first-order valence-corrected chi connectivity index (χ1v) is 9.05. The van der Waals surface area contributed by atoms with Crippen molar-refractivity contribution in [1.82, 2.24) is 4.90 Å². The van der Waals surface area contributed by atoms with Gasteiger partial charge in [0.25, 0.3) is 0 Å². The van der Waals surface area contributed by atoms with Gasteiger partial charge < -0.3 is 5.73 Å². The van der Waals surface area contributed by atoms with Gasteiger partial charge in [0.15, 0.2) is 0 Å². The van der Waals surface area contributed by atoms with Gasteiger partial charge in [-0.15, -0.1) is 0 Å². The first-order valence-electron chi connectivity index (χ1n) is 9.05. The molecule has 4 saturated carbocycles. The average molecular weight is 276 g/mol. The molecule has 4 aliphatic carbocycles. The Balaban J connectivity index is 1.50. The summed E-state index contributed by atoms with van der Waals surface area (Å²) in [6.45, 7) is 7.32. The summed E-state index contributed by atoms with van der Waals surface area (Å²) in [5.41, 5.74) is 6.82. The number of hydrogen-bond donors (Lipinski definition) is 1. The fourth-order valence-corrected chi connectivity index (χ4v) is 6.67. The summed E-state index contributed by atoms with van der Waals surface area (Å²) in [4.78, 5) is 2.81. The minimum Gasteiger partial charge on any atom is -0.328 e. The van der Waals surface area contributed by atoms with E-state index in [0.29, 0.717) is 11.5 Å². The summed E-state index contributed by atoms with van der Waals surface area (Å²) in [7, 11) is 0. The Morgan fingerprint density at radius 1 is 1.00 bits per heavy atom. The van der Waals surface area contributed by atoms with Gasteiger partial charge in [0.05, 0.1) is 0 Å². The highest BCUT2D eigenvalue weighted by atomic mass is 15.2. The fourth-order valence-electron chi connectivity index (χ4n) is 6.67. The number of nitrogens with two attached hydrogens (primary N) is 1. The lowest BCUT2D eigenvalue weighted by atomic mass is 9.47. The molecule has 1 saturated heterocycles. The van der Waals surface area contributed by atoms with Gasteiger partial charge in [-0.3, -0.25) is 4.90 Å². The highest BCUT2D eigenvalue weighted by Crippen LogP contribution is 2.62. The molecule has 3 atom stereocenters. The zero-order valence-corrected chi connectivity index (χ0v) is 13.4. The molecule has 0 aromatic heterocycles. The van der Waals surface area contributed by atoms with Crippen molar-refractivity contribution in [2.45, 2.75) is 70.9 Å². The van der Waals surface area contributed by atoms with Crippen LogP contribution in [0.3, 0.4) is 0 Å². The van der Waals surface area contributed by atoms with Crippen molar-refractivity contribution in [3.05, 3.63) is 0 Å². The van der Waals surface area contributed by atoms with Crippen molar-refractivity contribution < 1.29 is 0 Å². The Labute approximate surface area is 124 Å². The zero-order valence-electron chi connectivity index (χ0n) is 13.4. The van der Waals surface area contributed by atoms with Crippen molar-refractivity contribution >= 4 is 0 Å². The van der Waals surface area contributed by atoms with Gasteiger partial charge in [0, 0.05) is 18.6 Å². The van der Waals surface area contributed by atoms with Crippen molar-refractivity contribution in [3.8, 4) is 0 Å². The molecule has 2 N–H and O–H groups in total. The molecule has 5 fully saturated rings. The van der Waals surface area contributed by atoms with Crippen LogP contribution in [0.1, 0.15) is 58.8 Å². The zero-order chi connectivity index (χ0) is 13.9. The molecule has 2 heteroatoms. The van der Waals surface area contributed by atoms with Crippen molar-refractivity contribution in [1.29, 1.82) is 0 Å². The van der Waals surface area contributed by atoms with Gasteiger partial charge in [-0.1, -0.05) is 0 Å². The molecule has 2 nitrogen and oxygen atoms in total. The maximum absolute atomic E-state index is 6.14. The summed E-state index contributed by atoms with van der Waals surface area (Å²) in [5, 5.41) is 0. The van der Waals surface area contributed by atoms with Crippen molar-refractivity contribution in [3.63, 3.8) is 0 Å². The van der Waals surface area contributed by atoms with Crippen LogP contribution in [0.25, 0.3) is 0 Å². The van der Waals surface area contributed by atoms with E-state index in [1.165, 1.54) is 19.5 Å². The number of likely N-dealkylation sites (tertiary alicyclic amines) is 1. The van der Waals surface area contributed by atoms with E-state index in [4.69, 9.17) is 5.73 Å². The van der Waals surface area contributed by atoms with Crippen LogP contribution in [0.2, 0.25) is 0 Å². The molecule has 0 amide bonds. The molecule has 5 rings (SSSR count). The predicted molar refractivity (Wildman–Crippen MR) is 83.4 cm³/mol. The molecule has 1 heterocycles. The number of nitrogens with zero attached hydrogens (tertiary/aromatic N) is 1. The monoisotopic (exact) mass is 276 g/mol. The molecule has 4 bridgehead atoms. The van der Waals surface area contributed by atoms with Crippen LogP contribution in [-0.2, 0) is 0 Å². The Morgan fingerprint density at radius 3 is 2.00 bits per heavy atom.